The maximum Gasteiger partial charge on any atom is 0.254 e. The van der Waals surface area contributed by atoms with Crippen LogP contribution in [0.25, 0.3) is 0 Å². The fraction of sp³-hybridized carbons (Fsp3) is 0.0909. The molecule has 1 aromatic carbocycles. The third-order valence-electron chi connectivity index (χ3n) is 2.28. The lowest BCUT2D eigenvalue weighted by Gasteiger charge is -2.05. The van der Waals surface area contributed by atoms with Crippen LogP contribution in [-0.4, -0.2) is 10.9 Å². The summed E-state index contributed by atoms with van der Waals surface area (Å²) in [6.45, 7) is 0.0188. The van der Waals surface area contributed by atoms with Crippen LogP contribution in [0.1, 0.15) is 16.1 Å². The SMILES string of the molecule is Nc1nc(CNC(=O)c2ccc(F)c(F)c2F)cs1. The lowest BCUT2D eigenvalue weighted by molar-refractivity contribution is 0.0945. The van der Waals surface area contributed by atoms with Crippen LogP contribution in [-0.2, 0) is 6.54 Å². The van der Waals surface area contributed by atoms with Crippen molar-refractivity contribution in [3.8, 4) is 0 Å². The van der Waals surface area contributed by atoms with Gasteiger partial charge in [-0.3, -0.25) is 4.79 Å². The predicted molar refractivity (Wildman–Crippen MR) is 64.0 cm³/mol. The number of nitrogens with zero attached hydrogens (tertiary/aromatic N) is 1. The number of benzene rings is 1. The summed E-state index contributed by atoms with van der Waals surface area (Å²) in [6, 6.07) is 1.56. The number of hydrogen-bond acceptors (Lipinski definition) is 4. The largest absolute Gasteiger partial charge is 0.375 e. The summed E-state index contributed by atoms with van der Waals surface area (Å²) in [5.74, 6) is -5.40. The van der Waals surface area contributed by atoms with Gasteiger partial charge >= 0.3 is 0 Å². The van der Waals surface area contributed by atoms with E-state index < -0.39 is 28.9 Å². The molecule has 0 atom stereocenters. The topological polar surface area (TPSA) is 68.0 Å². The van der Waals surface area contributed by atoms with Crippen LogP contribution < -0.4 is 11.1 Å². The van der Waals surface area contributed by atoms with Crippen molar-refractivity contribution in [2.45, 2.75) is 6.54 Å². The molecule has 0 bridgehead atoms. The number of nitrogens with two attached hydrogens (primary N) is 1. The van der Waals surface area contributed by atoms with Crippen LogP contribution in [0.5, 0.6) is 0 Å². The number of nitrogen functional groups attached to an aromatic ring is 1. The standard InChI is InChI=1S/C11H8F3N3OS/c12-7-2-1-6(8(13)9(7)14)10(18)16-3-5-4-19-11(15)17-5/h1-2,4H,3H2,(H2,15,17)(H,16,18). The van der Waals surface area contributed by atoms with Crippen molar-refractivity contribution in [3.63, 3.8) is 0 Å². The van der Waals surface area contributed by atoms with Crippen molar-refractivity contribution in [1.82, 2.24) is 10.3 Å². The minimum absolute atomic E-state index is 0.0188. The predicted octanol–water partition coefficient (Wildman–Crippen LogP) is 2.07. The lowest BCUT2D eigenvalue weighted by Crippen LogP contribution is -2.24. The molecule has 0 fully saturated rings. The van der Waals surface area contributed by atoms with E-state index in [-0.39, 0.29) is 6.54 Å². The molecule has 19 heavy (non-hydrogen) atoms. The first kappa shape index (κ1) is 13.3. The first-order valence-electron chi connectivity index (χ1n) is 5.10. The van der Waals surface area contributed by atoms with Crippen molar-refractivity contribution in [2.24, 2.45) is 0 Å². The van der Waals surface area contributed by atoms with E-state index in [9.17, 15) is 18.0 Å². The summed E-state index contributed by atoms with van der Waals surface area (Å²) in [6.07, 6.45) is 0. The fourth-order valence-corrected chi connectivity index (χ4v) is 1.93. The molecule has 1 aromatic heterocycles. The quantitative estimate of drug-likeness (QED) is 0.849. The van der Waals surface area contributed by atoms with Gasteiger partial charge in [-0.05, 0) is 12.1 Å². The number of anilines is 1. The van der Waals surface area contributed by atoms with Gasteiger partial charge in [0, 0.05) is 5.38 Å². The lowest BCUT2D eigenvalue weighted by atomic mass is 10.2. The second-order valence-corrected chi connectivity index (χ2v) is 4.47. The molecule has 0 aliphatic rings. The van der Waals surface area contributed by atoms with Crippen LogP contribution in [0.4, 0.5) is 18.3 Å². The summed E-state index contributed by atoms with van der Waals surface area (Å²) in [5, 5.41) is 4.30. The zero-order valence-electron chi connectivity index (χ0n) is 9.41. The zero-order valence-corrected chi connectivity index (χ0v) is 10.2. The molecule has 8 heteroatoms. The number of carbonyl (C=O) groups is 1. The van der Waals surface area contributed by atoms with Gasteiger partial charge in [0.1, 0.15) is 0 Å². The Labute approximate surface area is 110 Å². The molecule has 4 nitrogen and oxygen atoms in total. The molecule has 0 saturated heterocycles. The van der Waals surface area contributed by atoms with Crippen molar-refractivity contribution in [1.29, 1.82) is 0 Å². The molecule has 0 radical (unpaired) electrons. The smallest absolute Gasteiger partial charge is 0.254 e. The second-order valence-electron chi connectivity index (χ2n) is 3.58. The first-order chi connectivity index (χ1) is 8.99. The summed E-state index contributed by atoms with van der Waals surface area (Å²) in [4.78, 5) is 15.5. The number of halogens is 3. The number of carbonyl (C=O) groups excluding carboxylic acids is 1. The maximum atomic E-state index is 13.3. The van der Waals surface area contributed by atoms with Crippen LogP contribution in [0.2, 0.25) is 0 Å². The number of thiazole rings is 1. The van der Waals surface area contributed by atoms with Gasteiger partial charge in [-0.25, -0.2) is 18.2 Å². The van der Waals surface area contributed by atoms with Crippen LogP contribution in [0.3, 0.4) is 0 Å². The summed E-state index contributed by atoms with van der Waals surface area (Å²) >= 11 is 1.19. The van der Waals surface area contributed by atoms with E-state index in [2.05, 4.69) is 10.3 Å². The highest BCUT2D eigenvalue weighted by molar-refractivity contribution is 7.13. The van der Waals surface area contributed by atoms with Crippen molar-refractivity contribution < 1.29 is 18.0 Å². The number of aromatic nitrogens is 1. The van der Waals surface area contributed by atoms with E-state index in [0.717, 1.165) is 6.07 Å². The van der Waals surface area contributed by atoms with E-state index in [4.69, 9.17) is 5.73 Å². The Morgan fingerprint density at radius 3 is 2.68 bits per heavy atom. The summed E-state index contributed by atoms with van der Waals surface area (Å²) in [5.41, 5.74) is 5.33. The highest BCUT2D eigenvalue weighted by Gasteiger charge is 2.18. The number of nitrogens with one attached hydrogen (secondary N) is 1. The first-order valence-corrected chi connectivity index (χ1v) is 5.98. The molecular weight excluding hydrogens is 279 g/mol. The van der Waals surface area contributed by atoms with Crippen molar-refractivity contribution in [2.75, 3.05) is 5.73 Å². The minimum atomic E-state index is -1.68. The minimum Gasteiger partial charge on any atom is -0.375 e. The molecule has 1 heterocycles. The third kappa shape index (κ3) is 2.84. The summed E-state index contributed by atoms with van der Waals surface area (Å²) < 4.78 is 39.0. The maximum absolute atomic E-state index is 13.3. The monoisotopic (exact) mass is 287 g/mol. The second kappa shape index (κ2) is 5.27. The van der Waals surface area contributed by atoms with E-state index in [1.807, 2.05) is 0 Å². The Morgan fingerprint density at radius 1 is 1.32 bits per heavy atom. The number of hydrogen-bond donors (Lipinski definition) is 2. The average Bonchev–Trinajstić information content (AvgIpc) is 2.79. The number of rotatable bonds is 3. The Morgan fingerprint density at radius 2 is 2.05 bits per heavy atom. The van der Waals surface area contributed by atoms with Crippen LogP contribution in [0, 0.1) is 17.5 Å². The van der Waals surface area contributed by atoms with E-state index in [1.54, 1.807) is 5.38 Å². The molecule has 1 amide bonds. The van der Waals surface area contributed by atoms with Gasteiger partial charge in [-0.2, -0.15) is 0 Å². The molecule has 0 saturated carbocycles. The zero-order chi connectivity index (χ0) is 14.0. The van der Waals surface area contributed by atoms with Crippen LogP contribution >= 0.6 is 11.3 Å². The Balaban J connectivity index is 2.10. The molecule has 2 aromatic rings. The van der Waals surface area contributed by atoms with Gasteiger partial charge < -0.3 is 11.1 Å². The Hall–Kier alpha value is -2.09. The van der Waals surface area contributed by atoms with E-state index in [1.165, 1.54) is 11.3 Å². The van der Waals surface area contributed by atoms with Gasteiger partial charge in [0.15, 0.2) is 22.6 Å². The van der Waals surface area contributed by atoms with E-state index >= 15 is 0 Å². The Bertz CT molecular complexity index is 630. The van der Waals surface area contributed by atoms with Gasteiger partial charge in [-0.1, -0.05) is 0 Å². The molecule has 0 aliphatic heterocycles. The Kier molecular flexibility index (Phi) is 3.70. The highest BCUT2D eigenvalue weighted by atomic mass is 32.1. The molecule has 100 valence electrons. The number of amides is 1. The van der Waals surface area contributed by atoms with Gasteiger partial charge in [-0.15, -0.1) is 11.3 Å². The van der Waals surface area contributed by atoms with Gasteiger partial charge in [0.25, 0.3) is 5.91 Å². The normalized spacial score (nSPS) is 10.5. The van der Waals surface area contributed by atoms with Gasteiger partial charge in [0.2, 0.25) is 0 Å². The molecule has 0 aliphatic carbocycles. The molecule has 3 N–H and O–H groups in total. The molecule has 0 spiro atoms. The van der Waals surface area contributed by atoms with Crippen LogP contribution in [0.15, 0.2) is 17.5 Å². The van der Waals surface area contributed by atoms with Crippen molar-refractivity contribution in [3.05, 3.63) is 46.2 Å². The van der Waals surface area contributed by atoms with Gasteiger partial charge in [0.05, 0.1) is 17.8 Å². The van der Waals surface area contributed by atoms with E-state index in [0.29, 0.717) is 16.9 Å². The third-order valence-corrected chi connectivity index (χ3v) is 3.00. The fourth-order valence-electron chi connectivity index (χ4n) is 1.37. The highest BCUT2D eigenvalue weighted by Crippen LogP contribution is 2.15. The average molecular weight is 287 g/mol. The molecule has 2 rings (SSSR count). The molecule has 0 unspecified atom stereocenters. The van der Waals surface area contributed by atoms with Crippen molar-refractivity contribution >= 4 is 22.4 Å². The molecular formula is C11H8F3N3OS. The summed E-state index contributed by atoms with van der Waals surface area (Å²) in [7, 11) is 0.